The minimum absolute atomic E-state index is 0.334. The quantitative estimate of drug-likeness (QED) is 0.675. The van der Waals surface area contributed by atoms with Crippen LogP contribution in [0.25, 0.3) is 0 Å². The van der Waals surface area contributed by atoms with Crippen molar-refractivity contribution in [2.24, 2.45) is 5.92 Å². The minimum Gasteiger partial charge on any atom is -0.491 e. The number of ether oxygens (including phenoxy) is 1. The Bertz CT molecular complexity index is 352. The van der Waals surface area contributed by atoms with Gasteiger partial charge in [-0.25, -0.2) is 0 Å². The number of hydrogen-bond donors (Lipinski definition) is 2. The molecular weight excluding hydrogens is 238 g/mol. The molecule has 3 heteroatoms. The van der Waals surface area contributed by atoms with Crippen molar-refractivity contribution in [2.45, 2.75) is 39.7 Å². The molecule has 0 spiro atoms. The minimum atomic E-state index is -0.459. The van der Waals surface area contributed by atoms with Crippen LogP contribution in [0, 0.1) is 12.8 Å². The van der Waals surface area contributed by atoms with E-state index >= 15 is 0 Å². The number of aryl methyl sites for hydroxylation is 1. The van der Waals surface area contributed by atoms with Gasteiger partial charge in [0.1, 0.15) is 18.5 Å². The predicted octanol–water partition coefficient (Wildman–Crippen LogP) is 2.76. The van der Waals surface area contributed by atoms with Gasteiger partial charge in [-0.2, -0.15) is 0 Å². The van der Waals surface area contributed by atoms with Crippen LogP contribution in [-0.4, -0.2) is 30.9 Å². The molecule has 0 aliphatic heterocycles. The molecule has 0 bridgehead atoms. The van der Waals surface area contributed by atoms with E-state index in [4.69, 9.17) is 4.74 Å². The van der Waals surface area contributed by atoms with E-state index in [-0.39, 0.29) is 0 Å². The van der Waals surface area contributed by atoms with Crippen molar-refractivity contribution in [3.8, 4) is 5.75 Å². The topological polar surface area (TPSA) is 41.5 Å². The Morgan fingerprint density at radius 3 is 2.79 bits per heavy atom. The van der Waals surface area contributed by atoms with Crippen LogP contribution < -0.4 is 10.1 Å². The van der Waals surface area contributed by atoms with Crippen molar-refractivity contribution in [1.82, 2.24) is 5.32 Å². The lowest BCUT2D eigenvalue weighted by Gasteiger charge is -2.14. The molecule has 0 aliphatic rings. The number of nitrogens with one attached hydrogen (secondary N) is 1. The number of aliphatic hydroxyl groups is 1. The molecule has 3 nitrogen and oxygen atoms in total. The van der Waals surface area contributed by atoms with Gasteiger partial charge in [0.2, 0.25) is 0 Å². The first-order valence-corrected chi connectivity index (χ1v) is 7.16. The molecule has 0 fully saturated rings. The third-order valence-corrected chi connectivity index (χ3v) is 2.95. The summed E-state index contributed by atoms with van der Waals surface area (Å²) in [6.07, 6.45) is 1.92. The molecule has 1 atom stereocenters. The summed E-state index contributed by atoms with van der Waals surface area (Å²) in [5, 5.41) is 13.1. The van der Waals surface area contributed by atoms with Crippen molar-refractivity contribution in [1.29, 1.82) is 0 Å². The van der Waals surface area contributed by atoms with Gasteiger partial charge in [0, 0.05) is 6.54 Å². The molecule has 0 aliphatic carbocycles. The highest BCUT2D eigenvalue weighted by atomic mass is 16.5. The first kappa shape index (κ1) is 16.0. The second kappa shape index (κ2) is 8.94. The van der Waals surface area contributed by atoms with Crippen LogP contribution >= 0.6 is 0 Å². The second-order valence-electron chi connectivity index (χ2n) is 5.52. The van der Waals surface area contributed by atoms with Gasteiger partial charge in [0.25, 0.3) is 0 Å². The zero-order valence-electron chi connectivity index (χ0n) is 12.4. The molecule has 0 saturated heterocycles. The lowest BCUT2D eigenvalue weighted by molar-refractivity contribution is 0.106. The third kappa shape index (κ3) is 7.85. The largest absolute Gasteiger partial charge is 0.491 e. The van der Waals surface area contributed by atoms with Gasteiger partial charge >= 0.3 is 0 Å². The van der Waals surface area contributed by atoms with E-state index in [1.54, 1.807) is 0 Å². The van der Waals surface area contributed by atoms with Crippen LogP contribution in [0.3, 0.4) is 0 Å². The summed E-state index contributed by atoms with van der Waals surface area (Å²) in [6.45, 7) is 8.36. The SMILES string of the molecule is Cc1cccc(OCC(O)CNCCCC(C)C)c1. The number of hydrogen-bond acceptors (Lipinski definition) is 3. The monoisotopic (exact) mass is 265 g/mol. The summed E-state index contributed by atoms with van der Waals surface area (Å²) < 4.78 is 5.55. The molecule has 1 aromatic rings. The normalized spacial score (nSPS) is 12.7. The molecule has 19 heavy (non-hydrogen) atoms. The van der Waals surface area contributed by atoms with Gasteiger partial charge in [-0.1, -0.05) is 26.0 Å². The number of aliphatic hydroxyl groups excluding tert-OH is 1. The predicted molar refractivity (Wildman–Crippen MR) is 79.6 cm³/mol. The standard InChI is InChI=1S/C16H27NO2/c1-13(2)6-5-9-17-11-15(18)12-19-16-8-4-7-14(3)10-16/h4,7-8,10,13,15,17-18H,5-6,9,11-12H2,1-3H3. The summed E-state index contributed by atoms with van der Waals surface area (Å²) in [5.74, 6) is 1.57. The molecule has 0 radical (unpaired) electrons. The Balaban J connectivity index is 2.09. The zero-order chi connectivity index (χ0) is 14.1. The fraction of sp³-hybridized carbons (Fsp3) is 0.625. The molecule has 0 heterocycles. The maximum Gasteiger partial charge on any atom is 0.119 e. The lowest BCUT2D eigenvalue weighted by atomic mass is 10.1. The molecule has 108 valence electrons. The third-order valence-electron chi connectivity index (χ3n) is 2.95. The maximum absolute atomic E-state index is 9.80. The number of rotatable bonds is 9. The molecule has 0 aromatic heterocycles. The van der Waals surface area contributed by atoms with Crippen LogP contribution in [0.5, 0.6) is 5.75 Å². The maximum atomic E-state index is 9.80. The highest BCUT2D eigenvalue weighted by molar-refractivity contribution is 5.27. The highest BCUT2D eigenvalue weighted by Gasteiger charge is 2.05. The Hall–Kier alpha value is -1.06. The van der Waals surface area contributed by atoms with Gasteiger partial charge in [-0.15, -0.1) is 0 Å². The van der Waals surface area contributed by atoms with Crippen molar-refractivity contribution in [2.75, 3.05) is 19.7 Å². The molecule has 1 rings (SSSR count). The Morgan fingerprint density at radius 2 is 2.11 bits per heavy atom. The van der Waals surface area contributed by atoms with Crippen LogP contribution in [0.15, 0.2) is 24.3 Å². The van der Waals surface area contributed by atoms with Crippen LogP contribution in [0.4, 0.5) is 0 Å². The Kier molecular flexibility index (Phi) is 7.53. The first-order chi connectivity index (χ1) is 9.08. The summed E-state index contributed by atoms with van der Waals surface area (Å²) in [5.41, 5.74) is 1.17. The van der Waals surface area contributed by atoms with E-state index in [1.165, 1.54) is 12.0 Å². The second-order valence-corrected chi connectivity index (χ2v) is 5.52. The van der Waals surface area contributed by atoms with Crippen molar-refractivity contribution in [3.05, 3.63) is 29.8 Å². The summed E-state index contributed by atoms with van der Waals surface area (Å²) in [6, 6.07) is 7.87. The average Bonchev–Trinajstić information content (AvgIpc) is 2.35. The zero-order valence-corrected chi connectivity index (χ0v) is 12.4. The van der Waals surface area contributed by atoms with Gasteiger partial charge in [0.15, 0.2) is 0 Å². The van der Waals surface area contributed by atoms with Crippen molar-refractivity contribution >= 4 is 0 Å². The van der Waals surface area contributed by atoms with Gasteiger partial charge < -0.3 is 15.2 Å². The Labute approximate surface area is 117 Å². The van der Waals surface area contributed by atoms with E-state index in [0.717, 1.165) is 24.6 Å². The molecular formula is C16H27NO2. The van der Waals surface area contributed by atoms with E-state index in [1.807, 2.05) is 31.2 Å². The molecule has 2 N–H and O–H groups in total. The van der Waals surface area contributed by atoms with Crippen molar-refractivity contribution < 1.29 is 9.84 Å². The number of benzene rings is 1. The van der Waals surface area contributed by atoms with Gasteiger partial charge in [-0.05, 0) is 49.9 Å². The Morgan fingerprint density at radius 1 is 1.32 bits per heavy atom. The molecule has 0 saturated carbocycles. The molecule has 0 amide bonds. The summed E-state index contributed by atoms with van der Waals surface area (Å²) in [4.78, 5) is 0. The van der Waals surface area contributed by atoms with Crippen LogP contribution in [0.2, 0.25) is 0 Å². The van der Waals surface area contributed by atoms with Crippen LogP contribution in [0.1, 0.15) is 32.3 Å². The average molecular weight is 265 g/mol. The smallest absolute Gasteiger partial charge is 0.119 e. The summed E-state index contributed by atoms with van der Waals surface area (Å²) in [7, 11) is 0. The van der Waals surface area contributed by atoms with Gasteiger partial charge in [0.05, 0.1) is 0 Å². The van der Waals surface area contributed by atoms with E-state index in [0.29, 0.717) is 13.2 Å². The van der Waals surface area contributed by atoms with E-state index in [9.17, 15) is 5.11 Å². The van der Waals surface area contributed by atoms with E-state index < -0.39 is 6.10 Å². The van der Waals surface area contributed by atoms with Crippen molar-refractivity contribution in [3.63, 3.8) is 0 Å². The lowest BCUT2D eigenvalue weighted by Crippen LogP contribution is -2.32. The first-order valence-electron chi connectivity index (χ1n) is 7.16. The van der Waals surface area contributed by atoms with Gasteiger partial charge in [-0.3, -0.25) is 0 Å². The van der Waals surface area contributed by atoms with E-state index in [2.05, 4.69) is 19.2 Å². The fourth-order valence-corrected chi connectivity index (χ4v) is 1.86. The molecule has 1 aromatic carbocycles. The summed E-state index contributed by atoms with van der Waals surface area (Å²) >= 11 is 0. The molecule has 1 unspecified atom stereocenters. The highest BCUT2D eigenvalue weighted by Crippen LogP contribution is 2.12. The van der Waals surface area contributed by atoms with Crippen LogP contribution in [-0.2, 0) is 0 Å². The fourth-order valence-electron chi connectivity index (χ4n) is 1.86.